The van der Waals surface area contributed by atoms with Crippen LogP contribution >= 0.6 is 11.6 Å². The predicted octanol–water partition coefficient (Wildman–Crippen LogP) is 3.99. The van der Waals surface area contributed by atoms with Crippen LogP contribution in [-0.2, 0) is 11.2 Å². The largest absolute Gasteiger partial charge is 0.481 e. The van der Waals surface area contributed by atoms with Crippen LogP contribution in [0.5, 0.6) is 0 Å². The van der Waals surface area contributed by atoms with Crippen molar-refractivity contribution in [1.82, 2.24) is 10.2 Å². The fraction of sp³-hybridized carbons (Fsp3) is 0.300. The van der Waals surface area contributed by atoms with Crippen LogP contribution in [0.1, 0.15) is 24.1 Å². The van der Waals surface area contributed by atoms with Crippen molar-refractivity contribution < 1.29 is 14.7 Å². The smallest absolute Gasteiger partial charge is 0.317 e. The summed E-state index contributed by atoms with van der Waals surface area (Å²) in [6.45, 7) is 1.72. The fourth-order valence-electron chi connectivity index (χ4n) is 2.62. The van der Waals surface area contributed by atoms with Gasteiger partial charge in [-0.15, -0.1) is 0 Å². The van der Waals surface area contributed by atoms with E-state index in [1.165, 1.54) is 4.90 Å². The van der Waals surface area contributed by atoms with Crippen molar-refractivity contribution in [3.05, 3.63) is 70.7 Å². The number of urea groups is 1. The molecular weight excluding hydrogens is 352 g/mol. The van der Waals surface area contributed by atoms with Gasteiger partial charge in [0.15, 0.2) is 0 Å². The molecule has 2 aromatic rings. The molecule has 0 spiro atoms. The van der Waals surface area contributed by atoms with Gasteiger partial charge in [-0.25, -0.2) is 4.79 Å². The number of carbonyl (C=O) groups excluding carboxylic acids is 1. The third-order valence-electron chi connectivity index (χ3n) is 4.17. The van der Waals surface area contributed by atoms with Crippen LogP contribution in [0.15, 0.2) is 54.6 Å². The fourth-order valence-corrected chi connectivity index (χ4v) is 2.75. The number of aliphatic carboxylic acids is 1. The lowest BCUT2D eigenvalue weighted by Crippen LogP contribution is -2.42. The van der Waals surface area contributed by atoms with E-state index in [9.17, 15) is 9.59 Å². The maximum absolute atomic E-state index is 12.5. The van der Waals surface area contributed by atoms with E-state index in [0.717, 1.165) is 11.1 Å². The highest BCUT2D eigenvalue weighted by Gasteiger charge is 2.21. The second-order valence-electron chi connectivity index (χ2n) is 6.36. The Morgan fingerprint density at radius 2 is 1.73 bits per heavy atom. The first-order valence-corrected chi connectivity index (χ1v) is 8.78. The topological polar surface area (TPSA) is 69.6 Å². The number of nitrogens with one attached hydrogen (secondary N) is 1. The quantitative estimate of drug-likeness (QED) is 0.770. The van der Waals surface area contributed by atoms with Crippen molar-refractivity contribution in [2.24, 2.45) is 5.92 Å². The molecule has 6 heteroatoms. The molecular formula is C20H23ClN2O3. The Balaban J connectivity index is 2.12. The second kappa shape index (κ2) is 9.25. The van der Waals surface area contributed by atoms with E-state index in [1.54, 1.807) is 14.0 Å². The summed E-state index contributed by atoms with van der Waals surface area (Å²) in [6.07, 6.45) is 0.606. The maximum atomic E-state index is 12.5. The normalized spacial score (nSPS) is 12.9. The predicted molar refractivity (Wildman–Crippen MR) is 102 cm³/mol. The van der Waals surface area contributed by atoms with Gasteiger partial charge in [0, 0.05) is 18.6 Å². The van der Waals surface area contributed by atoms with E-state index in [2.05, 4.69) is 5.32 Å². The molecule has 5 nitrogen and oxygen atoms in total. The van der Waals surface area contributed by atoms with E-state index < -0.39 is 11.9 Å². The van der Waals surface area contributed by atoms with Crippen molar-refractivity contribution in [2.45, 2.75) is 19.4 Å². The monoisotopic (exact) mass is 374 g/mol. The van der Waals surface area contributed by atoms with Crippen molar-refractivity contribution in [3.63, 3.8) is 0 Å². The highest BCUT2D eigenvalue weighted by atomic mass is 35.5. The minimum absolute atomic E-state index is 0.142. The molecule has 0 bridgehead atoms. The number of hydrogen-bond donors (Lipinski definition) is 2. The van der Waals surface area contributed by atoms with Crippen LogP contribution in [0.25, 0.3) is 0 Å². The first-order chi connectivity index (χ1) is 12.4. The molecule has 0 heterocycles. The molecule has 0 aromatic heterocycles. The Kier molecular flexibility index (Phi) is 7.04. The van der Waals surface area contributed by atoms with Gasteiger partial charge in [0.05, 0.1) is 12.0 Å². The first kappa shape index (κ1) is 19.8. The van der Waals surface area contributed by atoms with Gasteiger partial charge in [-0.05, 0) is 29.7 Å². The maximum Gasteiger partial charge on any atom is 0.317 e. The van der Waals surface area contributed by atoms with E-state index in [0.29, 0.717) is 11.4 Å². The van der Waals surface area contributed by atoms with Gasteiger partial charge in [0.25, 0.3) is 0 Å². The zero-order valence-corrected chi connectivity index (χ0v) is 15.6. The molecule has 0 radical (unpaired) electrons. The molecule has 0 aliphatic heterocycles. The molecule has 138 valence electrons. The third kappa shape index (κ3) is 5.77. The lowest BCUT2D eigenvalue weighted by atomic mass is 9.99. The molecule has 2 unspecified atom stereocenters. The number of amides is 2. The number of nitrogens with zero attached hydrogens (tertiary/aromatic N) is 1. The standard InChI is InChI=1S/C20H23ClN2O3/c1-14(19(24)25)13-23(2)20(26)22-18(16-6-4-3-5-7-16)12-15-8-10-17(21)11-9-15/h3-11,14,18H,12-13H2,1-2H3,(H,22,26)(H,24,25). The number of carbonyl (C=O) groups is 2. The average molecular weight is 375 g/mol. The summed E-state index contributed by atoms with van der Waals surface area (Å²) in [5.74, 6) is -1.55. The number of carboxylic acid groups (broad SMARTS) is 1. The Bertz CT molecular complexity index is 734. The lowest BCUT2D eigenvalue weighted by molar-refractivity contribution is -0.141. The first-order valence-electron chi connectivity index (χ1n) is 8.40. The Morgan fingerprint density at radius 1 is 1.12 bits per heavy atom. The average Bonchev–Trinajstić information content (AvgIpc) is 2.63. The van der Waals surface area contributed by atoms with E-state index in [1.807, 2.05) is 54.6 Å². The zero-order valence-electron chi connectivity index (χ0n) is 14.9. The van der Waals surface area contributed by atoms with E-state index in [4.69, 9.17) is 16.7 Å². The minimum atomic E-state index is -0.926. The molecule has 0 fully saturated rings. The molecule has 0 aliphatic rings. The van der Waals surface area contributed by atoms with Crippen molar-refractivity contribution in [3.8, 4) is 0 Å². The Hall–Kier alpha value is -2.53. The molecule has 0 aliphatic carbocycles. The summed E-state index contributed by atoms with van der Waals surface area (Å²) in [5.41, 5.74) is 2.03. The minimum Gasteiger partial charge on any atom is -0.481 e. The number of benzene rings is 2. The molecule has 0 saturated carbocycles. The van der Waals surface area contributed by atoms with Crippen LogP contribution in [0.3, 0.4) is 0 Å². The highest BCUT2D eigenvalue weighted by molar-refractivity contribution is 6.30. The van der Waals surface area contributed by atoms with Gasteiger partial charge in [-0.2, -0.15) is 0 Å². The van der Waals surface area contributed by atoms with Crippen LogP contribution < -0.4 is 5.32 Å². The van der Waals surface area contributed by atoms with E-state index >= 15 is 0 Å². The van der Waals surface area contributed by atoms with Crippen molar-refractivity contribution in [1.29, 1.82) is 0 Å². The summed E-state index contributed by atoms with van der Waals surface area (Å²) in [5, 5.41) is 12.7. The molecule has 2 N–H and O–H groups in total. The summed E-state index contributed by atoms with van der Waals surface area (Å²) in [7, 11) is 1.60. The molecule has 2 amide bonds. The van der Waals surface area contributed by atoms with Gasteiger partial charge in [0.1, 0.15) is 0 Å². The van der Waals surface area contributed by atoms with Gasteiger partial charge >= 0.3 is 12.0 Å². The Morgan fingerprint density at radius 3 is 2.31 bits per heavy atom. The van der Waals surface area contributed by atoms with Gasteiger partial charge in [-0.1, -0.05) is 61.0 Å². The summed E-state index contributed by atoms with van der Waals surface area (Å²) < 4.78 is 0. The van der Waals surface area contributed by atoms with Crippen molar-refractivity contribution >= 4 is 23.6 Å². The lowest BCUT2D eigenvalue weighted by Gasteiger charge is -2.25. The molecule has 2 aromatic carbocycles. The SMILES string of the molecule is CC(CN(C)C(=O)NC(Cc1ccc(Cl)cc1)c1ccccc1)C(=O)O. The van der Waals surface area contributed by atoms with Gasteiger partial charge in [0.2, 0.25) is 0 Å². The van der Waals surface area contributed by atoms with Gasteiger partial charge in [-0.3, -0.25) is 4.79 Å². The number of rotatable bonds is 7. The highest BCUT2D eigenvalue weighted by Crippen LogP contribution is 2.20. The van der Waals surface area contributed by atoms with Gasteiger partial charge < -0.3 is 15.3 Å². The second-order valence-corrected chi connectivity index (χ2v) is 6.80. The van der Waals surface area contributed by atoms with Crippen LogP contribution in [-0.4, -0.2) is 35.6 Å². The third-order valence-corrected chi connectivity index (χ3v) is 4.42. The summed E-state index contributed by atoms with van der Waals surface area (Å²) in [6, 6.07) is 16.7. The summed E-state index contributed by atoms with van der Waals surface area (Å²) in [4.78, 5) is 24.9. The molecule has 0 saturated heterocycles. The zero-order chi connectivity index (χ0) is 19.1. The number of carboxylic acids is 1. The number of halogens is 1. The molecule has 26 heavy (non-hydrogen) atoms. The summed E-state index contributed by atoms with van der Waals surface area (Å²) >= 11 is 5.94. The van der Waals surface area contributed by atoms with Crippen LogP contribution in [0.4, 0.5) is 4.79 Å². The van der Waals surface area contributed by atoms with E-state index in [-0.39, 0.29) is 18.6 Å². The van der Waals surface area contributed by atoms with Crippen molar-refractivity contribution in [2.75, 3.05) is 13.6 Å². The number of hydrogen-bond acceptors (Lipinski definition) is 2. The van der Waals surface area contributed by atoms with Crippen LogP contribution in [0, 0.1) is 5.92 Å². The Labute approximate surface area is 158 Å². The molecule has 2 atom stereocenters. The molecule has 2 rings (SSSR count). The van der Waals surface area contributed by atoms with Crippen LogP contribution in [0.2, 0.25) is 5.02 Å².